The molecule has 0 bridgehead atoms. The third kappa shape index (κ3) is 11.7. The highest BCUT2D eigenvalue weighted by atomic mass is 19.4. The first-order valence-electron chi connectivity index (χ1n) is 4.95. The van der Waals surface area contributed by atoms with E-state index in [0.717, 1.165) is 5.92 Å². The quantitative estimate of drug-likeness (QED) is 0.661. The molecule has 1 nitrogen and oxygen atoms in total. The molecular formula is C11H23F3O. The first kappa shape index (κ1) is 17.2. The normalized spacial score (nSPS) is 17.6. The van der Waals surface area contributed by atoms with Crippen molar-refractivity contribution in [3.8, 4) is 0 Å². The van der Waals surface area contributed by atoms with Gasteiger partial charge in [-0.25, -0.2) is 0 Å². The Hall–Kier alpha value is -0.250. The molecule has 0 atom stereocenters. The van der Waals surface area contributed by atoms with Gasteiger partial charge in [-0.2, -0.15) is 0 Å². The van der Waals surface area contributed by atoms with Gasteiger partial charge in [0.1, 0.15) is 0 Å². The smallest absolute Gasteiger partial charge is 0.286 e. The van der Waals surface area contributed by atoms with Crippen LogP contribution in [0.3, 0.4) is 0 Å². The summed E-state index contributed by atoms with van der Waals surface area (Å²) in [4.78, 5) is 0. The SMILES string of the molecule is C.CC1(OC(F)(F)F)CC1.CCC(C)C. The molecule has 15 heavy (non-hydrogen) atoms. The van der Waals surface area contributed by atoms with Crippen LogP contribution in [-0.2, 0) is 4.74 Å². The van der Waals surface area contributed by atoms with Crippen molar-refractivity contribution in [1.82, 2.24) is 0 Å². The van der Waals surface area contributed by atoms with Gasteiger partial charge >= 0.3 is 6.36 Å². The lowest BCUT2D eigenvalue weighted by atomic mass is 10.2. The summed E-state index contributed by atoms with van der Waals surface area (Å²) in [5, 5.41) is 0. The van der Waals surface area contributed by atoms with Crippen LogP contribution in [0.1, 0.15) is 54.4 Å². The van der Waals surface area contributed by atoms with Gasteiger partial charge < -0.3 is 0 Å². The Morgan fingerprint density at radius 3 is 1.67 bits per heavy atom. The Bertz CT molecular complexity index is 156. The fraction of sp³-hybridized carbons (Fsp3) is 1.00. The van der Waals surface area contributed by atoms with E-state index in [1.807, 2.05) is 0 Å². The molecule has 0 aromatic carbocycles. The van der Waals surface area contributed by atoms with Crippen molar-refractivity contribution < 1.29 is 17.9 Å². The molecule has 94 valence electrons. The van der Waals surface area contributed by atoms with E-state index in [0.29, 0.717) is 12.8 Å². The third-order valence-corrected chi connectivity index (χ3v) is 2.13. The number of halogens is 3. The number of hydrogen-bond acceptors (Lipinski definition) is 1. The van der Waals surface area contributed by atoms with Crippen molar-refractivity contribution in [3.63, 3.8) is 0 Å². The largest absolute Gasteiger partial charge is 0.523 e. The van der Waals surface area contributed by atoms with E-state index in [1.54, 1.807) is 0 Å². The van der Waals surface area contributed by atoms with Gasteiger partial charge in [0, 0.05) is 0 Å². The second-order valence-corrected chi connectivity index (χ2v) is 4.30. The van der Waals surface area contributed by atoms with Gasteiger partial charge in [0.25, 0.3) is 0 Å². The van der Waals surface area contributed by atoms with E-state index in [9.17, 15) is 13.2 Å². The predicted molar refractivity (Wildman–Crippen MR) is 56.6 cm³/mol. The molecule has 0 unspecified atom stereocenters. The summed E-state index contributed by atoms with van der Waals surface area (Å²) < 4.78 is 37.8. The molecule has 0 N–H and O–H groups in total. The van der Waals surface area contributed by atoms with Crippen LogP contribution >= 0.6 is 0 Å². The molecule has 0 radical (unpaired) electrons. The first-order chi connectivity index (χ1) is 6.18. The minimum Gasteiger partial charge on any atom is -0.286 e. The molecule has 0 aromatic rings. The van der Waals surface area contributed by atoms with Gasteiger partial charge in [-0.3, -0.25) is 4.74 Å². The average molecular weight is 228 g/mol. The molecule has 0 saturated heterocycles. The molecule has 0 spiro atoms. The van der Waals surface area contributed by atoms with Crippen LogP contribution in [0.2, 0.25) is 0 Å². The van der Waals surface area contributed by atoms with E-state index in [4.69, 9.17) is 0 Å². The summed E-state index contributed by atoms with van der Waals surface area (Å²) in [5.74, 6) is 0.884. The highest BCUT2D eigenvalue weighted by molar-refractivity contribution is 4.90. The van der Waals surface area contributed by atoms with Crippen LogP contribution < -0.4 is 0 Å². The highest BCUT2D eigenvalue weighted by Gasteiger charge is 2.48. The molecular weight excluding hydrogens is 205 g/mol. The van der Waals surface area contributed by atoms with E-state index in [-0.39, 0.29) is 7.43 Å². The third-order valence-electron chi connectivity index (χ3n) is 2.13. The summed E-state index contributed by atoms with van der Waals surface area (Å²) in [6.45, 7) is 8.10. The lowest BCUT2D eigenvalue weighted by molar-refractivity contribution is -0.346. The maximum atomic E-state index is 11.4. The Morgan fingerprint density at radius 2 is 1.60 bits per heavy atom. The summed E-state index contributed by atoms with van der Waals surface area (Å²) in [7, 11) is 0. The van der Waals surface area contributed by atoms with Gasteiger partial charge in [-0.1, -0.05) is 34.6 Å². The topological polar surface area (TPSA) is 9.23 Å². The molecule has 1 saturated carbocycles. The molecule has 4 heteroatoms. The van der Waals surface area contributed by atoms with E-state index < -0.39 is 12.0 Å². The Kier molecular flexibility index (Phi) is 7.27. The summed E-state index contributed by atoms with van der Waals surface area (Å²) in [6.07, 6.45) is -2.11. The summed E-state index contributed by atoms with van der Waals surface area (Å²) >= 11 is 0. The predicted octanol–water partition coefficient (Wildman–Crippen LogP) is 4.76. The lowest BCUT2D eigenvalue weighted by Gasteiger charge is -2.12. The van der Waals surface area contributed by atoms with Crippen LogP contribution in [0, 0.1) is 5.92 Å². The van der Waals surface area contributed by atoms with Crippen molar-refractivity contribution in [2.24, 2.45) is 5.92 Å². The summed E-state index contributed by atoms with van der Waals surface area (Å²) in [6, 6.07) is 0. The van der Waals surface area contributed by atoms with Crippen LogP contribution in [0.15, 0.2) is 0 Å². The van der Waals surface area contributed by atoms with Gasteiger partial charge in [0.15, 0.2) is 0 Å². The van der Waals surface area contributed by atoms with Crippen LogP contribution in [-0.4, -0.2) is 12.0 Å². The second-order valence-electron chi connectivity index (χ2n) is 4.30. The van der Waals surface area contributed by atoms with Gasteiger partial charge in [0.2, 0.25) is 0 Å². The number of ether oxygens (including phenoxy) is 1. The number of alkyl halides is 3. The highest BCUT2D eigenvalue weighted by Crippen LogP contribution is 2.43. The summed E-state index contributed by atoms with van der Waals surface area (Å²) in [5.41, 5.74) is -0.891. The van der Waals surface area contributed by atoms with Crippen LogP contribution in [0.25, 0.3) is 0 Å². The molecule has 1 rings (SSSR count). The number of hydrogen-bond donors (Lipinski definition) is 0. The maximum Gasteiger partial charge on any atom is 0.523 e. The van der Waals surface area contributed by atoms with Crippen molar-refractivity contribution >= 4 is 0 Å². The first-order valence-corrected chi connectivity index (χ1v) is 4.95. The zero-order chi connectivity index (χ0) is 11.4. The van der Waals surface area contributed by atoms with E-state index in [1.165, 1.54) is 13.3 Å². The fourth-order valence-corrected chi connectivity index (χ4v) is 0.557. The lowest BCUT2D eigenvalue weighted by Crippen LogP contribution is -2.22. The van der Waals surface area contributed by atoms with Crippen LogP contribution in [0.4, 0.5) is 13.2 Å². The minimum atomic E-state index is -4.45. The van der Waals surface area contributed by atoms with Gasteiger partial charge in [0.05, 0.1) is 5.60 Å². The molecule has 0 aliphatic heterocycles. The Labute approximate surface area is 91.0 Å². The second kappa shape index (κ2) is 6.36. The maximum absolute atomic E-state index is 11.4. The van der Waals surface area contributed by atoms with Crippen LogP contribution in [0.5, 0.6) is 0 Å². The van der Waals surface area contributed by atoms with Crippen molar-refractivity contribution in [3.05, 3.63) is 0 Å². The van der Waals surface area contributed by atoms with Gasteiger partial charge in [-0.15, -0.1) is 13.2 Å². The van der Waals surface area contributed by atoms with Crippen molar-refractivity contribution in [2.75, 3.05) is 0 Å². The minimum absolute atomic E-state index is 0. The molecule has 1 fully saturated rings. The molecule has 0 aromatic heterocycles. The van der Waals surface area contributed by atoms with Crippen molar-refractivity contribution in [2.45, 2.75) is 66.3 Å². The monoisotopic (exact) mass is 228 g/mol. The van der Waals surface area contributed by atoms with Crippen molar-refractivity contribution in [1.29, 1.82) is 0 Å². The van der Waals surface area contributed by atoms with Gasteiger partial charge in [-0.05, 0) is 25.7 Å². The molecule has 0 heterocycles. The molecule has 1 aliphatic carbocycles. The van der Waals surface area contributed by atoms with E-state index >= 15 is 0 Å². The molecule has 1 aliphatic rings. The van der Waals surface area contributed by atoms with E-state index in [2.05, 4.69) is 25.5 Å². The Balaban J connectivity index is 0. The zero-order valence-corrected chi connectivity index (χ0v) is 9.24. The fourth-order valence-electron chi connectivity index (χ4n) is 0.557. The zero-order valence-electron chi connectivity index (χ0n) is 9.24. The molecule has 0 amide bonds. The number of rotatable bonds is 2. The Morgan fingerprint density at radius 1 is 1.27 bits per heavy atom. The average Bonchev–Trinajstić information content (AvgIpc) is 2.64. The standard InChI is InChI=1S/C5H7F3O.C5H12.CH4/c1-4(2-3-4)9-5(6,7)8;1-4-5(2)3;/h2-3H2,1H3;5H,4H2,1-3H3;1H4.